The molecule has 130 valence electrons. The Labute approximate surface area is 144 Å². The molecule has 0 bridgehead atoms. The summed E-state index contributed by atoms with van der Waals surface area (Å²) in [5.41, 5.74) is 3.78. The molecule has 0 aliphatic carbocycles. The molecule has 0 spiro atoms. The number of nitrogens with one attached hydrogen (secondary N) is 2. The molecule has 1 atom stereocenters. The quantitative estimate of drug-likeness (QED) is 0.693. The zero-order valence-corrected chi connectivity index (χ0v) is 13.5. The number of hydrogen-bond donors (Lipinski definition) is 2. The number of Topliss-reactive ketones (excluding diaryl/α,β-unsaturated/α-hetero) is 1. The van der Waals surface area contributed by atoms with E-state index in [1.807, 2.05) is 30.3 Å². The Bertz CT molecular complexity index is 728. The monoisotopic (exact) mass is 342 g/mol. The summed E-state index contributed by atoms with van der Waals surface area (Å²) in [6, 6.07) is 8.83. The molecule has 2 heterocycles. The Kier molecular flexibility index (Phi) is 4.87. The molecule has 25 heavy (non-hydrogen) atoms. The first-order valence-electron chi connectivity index (χ1n) is 8.04. The number of imide groups is 1. The second-order valence-corrected chi connectivity index (χ2v) is 5.94. The molecule has 2 aliphatic heterocycles. The lowest BCUT2D eigenvalue weighted by Gasteiger charge is -2.12. The number of nitrogens with zero attached hydrogens (tertiary/aromatic N) is 2. The smallest absolute Gasteiger partial charge is 0.244 e. The Morgan fingerprint density at radius 3 is 2.52 bits per heavy atom. The normalized spacial score (nSPS) is 19.6. The fraction of sp³-hybridized carbons (Fsp3) is 0.353. The van der Waals surface area contributed by atoms with Gasteiger partial charge in [-0.15, -0.1) is 0 Å². The molecule has 8 heteroatoms. The predicted molar refractivity (Wildman–Crippen MR) is 88.2 cm³/mol. The van der Waals surface area contributed by atoms with E-state index in [1.54, 1.807) is 0 Å². The van der Waals surface area contributed by atoms with Crippen molar-refractivity contribution in [3.8, 4) is 0 Å². The van der Waals surface area contributed by atoms with Gasteiger partial charge in [0.1, 0.15) is 11.8 Å². The summed E-state index contributed by atoms with van der Waals surface area (Å²) in [5.74, 6) is -1.37. The first-order valence-corrected chi connectivity index (χ1v) is 8.04. The third kappa shape index (κ3) is 3.90. The maximum Gasteiger partial charge on any atom is 0.244 e. The molecule has 2 N–H and O–H groups in total. The summed E-state index contributed by atoms with van der Waals surface area (Å²) in [5, 5.41) is 6.68. The zero-order chi connectivity index (χ0) is 17.8. The highest BCUT2D eigenvalue weighted by Crippen LogP contribution is 2.13. The summed E-state index contributed by atoms with van der Waals surface area (Å²) in [4.78, 5) is 48.4. The molecule has 0 radical (unpaired) electrons. The SMILES string of the molecule is O=C(CN1C(=O)CCC1=O)C1=NNC(C(=O)NCc2ccccc2)C1. The topological polar surface area (TPSA) is 108 Å². The van der Waals surface area contributed by atoms with Crippen molar-refractivity contribution in [3.05, 3.63) is 35.9 Å². The van der Waals surface area contributed by atoms with E-state index in [1.165, 1.54) is 0 Å². The van der Waals surface area contributed by atoms with E-state index in [4.69, 9.17) is 0 Å². The van der Waals surface area contributed by atoms with E-state index in [0.29, 0.717) is 6.54 Å². The average Bonchev–Trinajstić information content (AvgIpc) is 3.23. The molecule has 1 saturated heterocycles. The second kappa shape index (κ2) is 7.25. The molecule has 8 nitrogen and oxygen atoms in total. The lowest BCUT2D eigenvalue weighted by atomic mass is 10.1. The number of amides is 3. The van der Waals surface area contributed by atoms with Gasteiger partial charge in [-0.3, -0.25) is 29.5 Å². The maximum absolute atomic E-state index is 12.2. The van der Waals surface area contributed by atoms with Gasteiger partial charge in [0.25, 0.3) is 0 Å². The molecule has 3 amide bonds. The number of hydrogen-bond acceptors (Lipinski definition) is 6. The van der Waals surface area contributed by atoms with Crippen molar-refractivity contribution in [2.75, 3.05) is 6.54 Å². The summed E-state index contributed by atoms with van der Waals surface area (Å²) in [7, 11) is 0. The summed E-state index contributed by atoms with van der Waals surface area (Å²) in [6.07, 6.45) is 0.415. The number of carbonyl (C=O) groups is 4. The van der Waals surface area contributed by atoms with E-state index in [9.17, 15) is 19.2 Å². The number of likely N-dealkylation sites (tertiary alicyclic amines) is 1. The van der Waals surface area contributed by atoms with Crippen LogP contribution in [0.5, 0.6) is 0 Å². The van der Waals surface area contributed by atoms with Gasteiger partial charge in [-0.05, 0) is 5.56 Å². The van der Waals surface area contributed by atoms with Crippen LogP contribution in [0.2, 0.25) is 0 Å². The molecular weight excluding hydrogens is 324 g/mol. The average molecular weight is 342 g/mol. The minimum atomic E-state index is -0.632. The van der Waals surface area contributed by atoms with Crippen LogP contribution in [0.25, 0.3) is 0 Å². The van der Waals surface area contributed by atoms with Gasteiger partial charge >= 0.3 is 0 Å². The van der Waals surface area contributed by atoms with Gasteiger partial charge in [0.05, 0.1) is 6.54 Å². The van der Waals surface area contributed by atoms with Crippen molar-refractivity contribution in [1.82, 2.24) is 15.6 Å². The Morgan fingerprint density at radius 2 is 1.84 bits per heavy atom. The largest absolute Gasteiger partial charge is 0.350 e. The molecule has 0 saturated carbocycles. The van der Waals surface area contributed by atoms with Crippen LogP contribution in [0.15, 0.2) is 35.4 Å². The van der Waals surface area contributed by atoms with Crippen molar-refractivity contribution in [2.24, 2.45) is 5.10 Å². The van der Waals surface area contributed by atoms with Gasteiger partial charge in [0, 0.05) is 25.8 Å². The Morgan fingerprint density at radius 1 is 1.16 bits per heavy atom. The molecule has 0 aromatic heterocycles. The third-order valence-corrected chi connectivity index (χ3v) is 4.16. The third-order valence-electron chi connectivity index (χ3n) is 4.16. The molecule has 1 fully saturated rings. The van der Waals surface area contributed by atoms with Crippen molar-refractivity contribution in [3.63, 3.8) is 0 Å². The molecule has 1 aromatic carbocycles. The molecule has 1 aromatic rings. The fourth-order valence-corrected chi connectivity index (χ4v) is 2.71. The van der Waals surface area contributed by atoms with Crippen LogP contribution in [0.1, 0.15) is 24.8 Å². The van der Waals surface area contributed by atoms with E-state index < -0.39 is 11.8 Å². The molecule has 3 rings (SSSR count). The van der Waals surface area contributed by atoms with Crippen molar-refractivity contribution < 1.29 is 19.2 Å². The van der Waals surface area contributed by atoms with E-state index in [0.717, 1.165) is 10.5 Å². The van der Waals surface area contributed by atoms with Crippen LogP contribution in [-0.2, 0) is 25.7 Å². The second-order valence-electron chi connectivity index (χ2n) is 5.94. The highest BCUT2D eigenvalue weighted by Gasteiger charge is 2.34. The first kappa shape index (κ1) is 16.8. The van der Waals surface area contributed by atoms with Crippen LogP contribution in [0, 0.1) is 0 Å². The van der Waals surface area contributed by atoms with E-state index in [2.05, 4.69) is 15.8 Å². The molecule has 1 unspecified atom stereocenters. The lowest BCUT2D eigenvalue weighted by Crippen LogP contribution is -2.40. The van der Waals surface area contributed by atoms with Gasteiger partial charge < -0.3 is 5.32 Å². The van der Waals surface area contributed by atoms with E-state index >= 15 is 0 Å². The number of benzene rings is 1. The summed E-state index contributed by atoms with van der Waals surface area (Å²) in [6.45, 7) is 0.0778. The highest BCUT2D eigenvalue weighted by molar-refractivity contribution is 6.42. The van der Waals surface area contributed by atoms with Crippen LogP contribution < -0.4 is 10.7 Å². The summed E-state index contributed by atoms with van der Waals surface area (Å²) >= 11 is 0. The maximum atomic E-state index is 12.2. The number of ketones is 1. The van der Waals surface area contributed by atoms with Crippen LogP contribution in [-0.4, -0.2) is 46.7 Å². The number of rotatable bonds is 6. The number of carbonyl (C=O) groups excluding carboxylic acids is 4. The van der Waals surface area contributed by atoms with Gasteiger partial charge in [-0.2, -0.15) is 5.10 Å². The van der Waals surface area contributed by atoms with Gasteiger partial charge in [-0.1, -0.05) is 30.3 Å². The first-order chi connectivity index (χ1) is 12.0. The van der Waals surface area contributed by atoms with Crippen molar-refractivity contribution >= 4 is 29.2 Å². The van der Waals surface area contributed by atoms with Crippen LogP contribution in [0.4, 0.5) is 0 Å². The Hall–Kier alpha value is -3.03. The van der Waals surface area contributed by atoms with Crippen LogP contribution >= 0.6 is 0 Å². The summed E-state index contributed by atoms with van der Waals surface area (Å²) < 4.78 is 0. The minimum absolute atomic E-state index is 0.135. The van der Waals surface area contributed by atoms with Gasteiger partial charge in [-0.25, -0.2) is 0 Å². The number of hydrazone groups is 1. The molecule has 2 aliphatic rings. The van der Waals surface area contributed by atoms with Crippen molar-refractivity contribution in [1.29, 1.82) is 0 Å². The minimum Gasteiger partial charge on any atom is -0.350 e. The van der Waals surface area contributed by atoms with Gasteiger partial charge in [0.15, 0.2) is 5.78 Å². The fourth-order valence-electron chi connectivity index (χ4n) is 2.71. The predicted octanol–water partition coefficient (Wildman–Crippen LogP) is -0.261. The zero-order valence-electron chi connectivity index (χ0n) is 13.5. The van der Waals surface area contributed by atoms with E-state index in [-0.39, 0.29) is 49.2 Å². The van der Waals surface area contributed by atoms with Crippen molar-refractivity contribution in [2.45, 2.75) is 31.8 Å². The van der Waals surface area contributed by atoms with Gasteiger partial charge in [0.2, 0.25) is 17.7 Å². The highest BCUT2D eigenvalue weighted by atomic mass is 16.2. The standard InChI is InChI=1S/C17H18N4O4/c22-14(10-21-15(23)6-7-16(21)24)12-8-13(20-19-12)17(25)18-9-11-4-2-1-3-5-11/h1-5,13,20H,6-10H2,(H,18,25). The lowest BCUT2D eigenvalue weighted by molar-refractivity contribution is -0.140. The Balaban J connectivity index is 1.49. The molecular formula is C17H18N4O4. The van der Waals surface area contributed by atoms with Crippen LogP contribution in [0.3, 0.4) is 0 Å².